The Hall–Kier alpha value is -0.890. The van der Waals surface area contributed by atoms with Crippen LogP contribution in [0.4, 0.5) is 0 Å². The molecule has 1 saturated heterocycles. The van der Waals surface area contributed by atoms with Crippen LogP contribution in [0.1, 0.15) is 30.6 Å². The summed E-state index contributed by atoms with van der Waals surface area (Å²) in [5, 5.41) is 3.48. The Kier molecular flexibility index (Phi) is 2.32. The van der Waals surface area contributed by atoms with Gasteiger partial charge in [0.2, 0.25) is 0 Å². The van der Waals surface area contributed by atoms with Crippen molar-refractivity contribution in [3.05, 3.63) is 29.6 Å². The number of rotatable bonds is 1. The standard InChI is InChI=1S/C11H16N2/c1-8-3-4-10(12-6-8)11-5-9(2)7-13-11/h3-4,6,9,11,13H,5,7H2,1-2H3. The molecule has 0 radical (unpaired) electrons. The number of nitrogens with zero attached hydrogens (tertiary/aromatic N) is 1. The molecule has 0 bridgehead atoms. The third-order valence-corrected chi connectivity index (χ3v) is 2.64. The maximum atomic E-state index is 4.43. The van der Waals surface area contributed by atoms with Crippen molar-refractivity contribution in [2.75, 3.05) is 6.54 Å². The minimum absolute atomic E-state index is 0.482. The highest BCUT2D eigenvalue weighted by Crippen LogP contribution is 2.24. The van der Waals surface area contributed by atoms with Crippen LogP contribution < -0.4 is 5.32 Å². The molecule has 2 unspecified atom stereocenters. The van der Waals surface area contributed by atoms with E-state index in [0.29, 0.717) is 6.04 Å². The van der Waals surface area contributed by atoms with Crippen LogP contribution in [0.5, 0.6) is 0 Å². The van der Waals surface area contributed by atoms with E-state index in [2.05, 4.69) is 36.3 Å². The second-order valence-corrected chi connectivity index (χ2v) is 4.06. The molecule has 13 heavy (non-hydrogen) atoms. The molecule has 0 spiro atoms. The van der Waals surface area contributed by atoms with Crippen molar-refractivity contribution < 1.29 is 0 Å². The zero-order valence-electron chi connectivity index (χ0n) is 8.25. The number of aryl methyl sites for hydroxylation is 1. The third-order valence-electron chi connectivity index (χ3n) is 2.64. The molecule has 1 aromatic heterocycles. The summed E-state index contributed by atoms with van der Waals surface area (Å²) in [4.78, 5) is 4.43. The Morgan fingerprint density at radius 3 is 2.85 bits per heavy atom. The molecule has 2 rings (SSSR count). The van der Waals surface area contributed by atoms with E-state index in [1.165, 1.54) is 17.7 Å². The van der Waals surface area contributed by atoms with Crippen LogP contribution in [-0.2, 0) is 0 Å². The van der Waals surface area contributed by atoms with Gasteiger partial charge in [0.1, 0.15) is 0 Å². The Labute approximate surface area is 79.4 Å². The maximum Gasteiger partial charge on any atom is 0.0573 e. The van der Waals surface area contributed by atoms with Crippen molar-refractivity contribution in [2.45, 2.75) is 26.3 Å². The topological polar surface area (TPSA) is 24.9 Å². The van der Waals surface area contributed by atoms with Gasteiger partial charge in [0.25, 0.3) is 0 Å². The van der Waals surface area contributed by atoms with Crippen molar-refractivity contribution in [3.8, 4) is 0 Å². The molecule has 2 heterocycles. The SMILES string of the molecule is Cc1ccc(C2CC(C)CN2)nc1. The predicted octanol–water partition coefficient (Wildman–Crippen LogP) is 2.06. The number of hydrogen-bond donors (Lipinski definition) is 1. The second-order valence-electron chi connectivity index (χ2n) is 4.06. The summed E-state index contributed by atoms with van der Waals surface area (Å²) >= 11 is 0. The molecule has 1 aliphatic heterocycles. The van der Waals surface area contributed by atoms with Crippen molar-refractivity contribution in [3.63, 3.8) is 0 Å². The summed E-state index contributed by atoms with van der Waals surface area (Å²) in [5.41, 5.74) is 2.42. The molecular formula is C11H16N2. The summed E-state index contributed by atoms with van der Waals surface area (Å²) in [5.74, 6) is 0.785. The predicted molar refractivity (Wildman–Crippen MR) is 53.5 cm³/mol. The van der Waals surface area contributed by atoms with E-state index in [1.54, 1.807) is 0 Å². The van der Waals surface area contributed by atoms with Crippen molar-refractivity contribution in [1.82, 2.24) is 10.3 Å². The van der Waals surface area contributed by atoms with Crippen LogP contribution in [-0.4, -0.2) is 11.5 Å². The van der Waals surface area contributed by atoms with E-state index >= 15 is 0 Å². The van der Waals surface area contributed by atoms with Crippen LogP contribution in [0, 0.1) is 12.8 Å². The zero-order chi connectivity index (χ0) is 9.26. The van der Waals surface area contributed by atoms with Crippen LogP contribution in [0.25, 0.3) is 0 Å². The van der Waals surface area contributed by atoms with Crippen LogP contribution in [0.3, 0.4) is 0 Å². The minimum Gasteiger partial charge on any atom is -0.308 e. The van der Waals surface area contributed by atoms with E-state index in [9.17, 15) is 0 Å². The van der Waals surface area contributed by atoms with Gasteiger partial charge < -0.3 is 5.32 Å². The smallest absolute Gasteiger partial charge is 0.0573 e. The minimum atomic E-state index is 0.482. The first kappa shape index (κ1) is 8.70. The fourth-order valence-electron chi connectivity index (χ4n) is 1.82. The Bertz CT molecular complexity index is 279. The fraction of sp³-hybridized carbons (Fsp3) is 0.545. The van der Waals surface area contributed by atoms with E-state index in [4.69, 9.17) is 0 Å². The van der Waals surface area contributed by atoms with Crippen LogP contribution in [0.2, 0.25) is 0 Å². The van der Waals surface area contributed by atoms with Gasteiger partial charge in [-0.25, -0.2) is 0 Å². The Morgan fingerprint density at radius 1 is 1.46 bits per heavy atom. The van der Waals surface area contributed by atoms with E-state index < -0.39 is 0 Å². The van der Waals surface area contributed by atoms with Crippen molar-refractivity contribution in [1.29, 1.82) is 0 Å². The van der Waals surface area contributed by atoms with Crippen molar-refractivity contribution >= 4 is 0 Å². The largest absolute Gasteiger partial charge is 0.308 e. The molecule has 2 nitrogen and oxygen atoms in total. The lowest BCUT2D eigenvalue weighted by Crippen LogP contribution is -2.14. The Morgan fingerprint density at radius 2 is 2.31 bits per heavy atom. The van der Waals surface area contributed by atoms with Gasteiger partial charge >= 0.3 is 0 Å². The summed E-state index contributed by atoms with van der Waals surface area (Å²) in [7, 11) is 0. The van der Waals surface area contributed by atoms with E-state index in [1.807, 2.05) is 6.20 Å². The molecule has 1 N–H and O–H groups in total. The van der Waals surface area contributed by atoms with Crippen LogP contribution >= 0.6 is 0 Å². The fourth-order valence-corrected chi connectivity index (χ4v) is 1.82. The number of pyridine rings is 1. The lowest BCUT2D eigenvalue weighted by molar-refractivity contribution is 0.599. The lowest BCUT2D eigenvalue weighted by atomic mass is 10.1. The van der Waals surface area contributed by atoms with Gasteiger partial charge in [-0.2, -0.15) is 0 Å². The highest BCUT2D eigenvalue weighted by atomic mass is 15.0. The summed E-state index contributed by atoms with van der Waals surface area (Å²) < 4.78 is 0. The molecule has 2 atom stereocenters. The normalized spacial score (nSPS) is 27.8. The monoisotopic (exact) mass is 176 g/mol. The first-order chi connectivity index (χ1) is 6.25. The summed E-state index contributed by atoms with van der Waals surface area (Å²) in [6.07, 6.45) is 3.16. The first-order valence-corrected chi connectivity index (χ1v) is 4.91. The molecular weight excluding hydrogens is 160 g/mol. The average molecular weight is 176 g/mol. The molecule has 0 saturated carbocycles. The molecule has 0 aromatic carbocycles. The van der Waals surface area contributed by atoms with Crippen molar-refractivity contribution in [2.24, 2.45) is 5.92 Å². The molecule has 70 valence electrons. The second kappa shape index (κ2) is 3.46. The molecule has 1 fully saturated rings. The quantitative estimate of drug-likeness (QED) is 0.708. The average Bonchev–Trinajstić information content (AvgIpc) is 2.53. The molecule has 0 amide bonds. The van der Waals surface area contributed by atoms with E-state index in [0.717, 1.165) is 12.5 Å². The molecule has 2 heteroatoms. The molecule has 1 aliphatic rings. The van der Waals surface area contributed by atoms with Gasteiger partial charge in [0, 0.05) is 12.2 Å². The van der Waals surface area contributed by atoms with Gasteiger partial charge in [0.05, 0.1) is 5.69 Å². The summed E-state index contributed by atoms with van der Waals surface area (Å²) in [6.45, 7) is 5.48. The van der Waals surface area contributed by atoms with E-state index in [-0.39, 0.29) is 0 Å². The highest BCUT2D eigenvalue weighted by molar-refractivity contribution is 5.16. The van der Waals surface area contributed by atoms with Gasteiger partial charge in [-0.1, -0.05) is 13.0 Å². The number of aromatic nitrogens is 1. The highest BCUT2D eigenvalue weighted by Gasteiger charge is 2.22. The molecule has 1 aromatic rings. The summed E-state index contributed by atoms with van der Waals surface area (Å²) in [6, 6.07) is 4.74. The molecule has 0 aliphatic carbocycles. The van der Waals surface area contributed by atoms with Gasteiger partial charge in [-0.05, 0) is 37.4 Å². The maximum absolute atomic E-state index is 4.43. The lowest BCUT2D eigenvalue weighted by Gasteiger charge is -2.08. The number of hydrogen-bond acceptors (Lipinski definition) is 2. The van der Waals surface area contributed by atoms with Gasteiger partial charge in [0.15, 0.2) is 0 Å². The van der Waals surface area contributed by atoms with Gasteiger partial charge in [-0.15, -0.1) is 0 Å². The Balaban J connectivity index is 2.13. The zero-order valence-corrected chi connectivity index (χ0v) is 8.25. The number of nitrogens with one attached hydrogen (secondary N) is 1. The van der Waals surface area contributed by atoms with Crippen LogP contribution in [0.15, 0.2) is 18.3 Å². The van der Waals surface area contributed by atoms with Gasteiger partial charge in [-0.3, -0.25) is 4.98 Å². The first-order valence-electron chi connectivity index (χ1n) is 4.91. The third kappa shape index (κ3) is 1.89.